The predicted octanol–water partition coefficient (Wildman–Crippen LogP) is 2.45. The molecule has 1 fully saturated rings. The van der Waals surface area contributed by atoms with Crippen LogP contribution in [0.4, 0.5) is 0 Å². The molecule has 1 N–H and O–H groups in total. The fraction of sp³-hybridized carbons (Fsp3) is 0.875. The molecule has 0 radical (unpaired) electrons. The first kappa shape index (κ1) is 14.1. The van der Waals surface area contributed by atoms with Crippen LogP contribution in [-0.4, -0.2) is 26.7 Å². The zero-order chi connectivity index (χ0) is 14.3. The maximum absolute atomic E-state index is 9.39. The van der Waals surface area contributed by atoms with E-state index in [1.54, 1.807) is 0 Å². The van der Waals surface area contributed by atoms with Gasteiger partial charge in [-0.1, -0.05) is 26.0 Å². The Balaban J connectivity index is 1.75. The summed E-state index contributed by atoms with van der Waals surface area (Å²) in [6.45, 7) is 8.16. The largest absolute Gasteiger partial charge is 0.396 e. The van der Waals surface area contributed by atoms with Crippen molar-refractivity contribution in [3.05, 3.63) is 11.4 Å². The van der Waals surface area contributed by atoms with Crippen molar-refractivity contribution < 1.29 is 5.11 Å². The SMILES string of the molecule is CCC(C)(C)Cn1nnc2c1CC[C@@H]1[C@H](CO)[C@@H]1CC2. The van der Waals surface area contributed by atoms with Crippen LogP contribution in [-0.2, 0) is 19.4 Å². The lowest BCUT2D eigenvalue weighted by molar-refractivity contribution is 0.261. The molecule has 4 heteroatoms. The van der Waals surface area contributed by atoms with E-state index in [0.717, 1.165) is 37.6 Å². The van der Waals surface area contributed by atoms with E-state index in [1.807, 2.05) is 0 Å². The van der Waals surface area contributed by atoms with Gasteiger partial charge in [0.1, 0.15) is 0 Å². The number of hydrogen-bond acceptors (Lipinski definition) is 3. The summed E-state index contributed by atoms with van der Waals surface area (Å²) < 4.78 is 2.15. The molecule has 3 atom stereocenters. The minimum Gasteiger partial charge on any atom is -0.396 e. The van der Waals surface area contributed by atoms with Crippen molar-refractivity contribution in [3.63, 3.8) is 0 Å². The van der Waals surface area contributed by atoms with E-state index in [9.17, 15) is 5.11 Å². The molecule has 1 saturated carbocycles. The Morgan fingerprint density at radius 3 is 2.60 bits per heavy atom. The maximum atomic E-state index is 9.39. The van der Waals surface area contributed by atoms with Gasteiger partial charge in [0, 0.05) is 13.2 Å². The molecule has 3 rings (SSSR count). The van der Waals surface area contributed by atoms with Gasteiger partial charge in [0.05, 0.1) is 11.4 Å². The number of aliphatic hydroxyl groups is 1. The first-order chi connectivity index (χ1) is 9.55. The van der Waals surface area contributed by atoms with Crippen molar-refractivity contribution in [2.24, 2.45) is 23.2 Å². The van der Waals surface area contributed by atoms with E-state index >= 15 is 0 Å². The maximum Gasteiger partial charge on any atom is 0.0859 e. The molecule has 1 aromatic heterocycles. The summed E-state index contributed by atoms with van der Waals surface area (Å²) in [5, 5.41) is 18.2. The van der Waals surface area contributed by atoms with E-state index in [-0.39, 0.29) is 5.41 Å². The van der Waals surface area contributed by atoms with Crippen molar-refractivity contribution >= 4 is 0 Å². The highest BCUT2D eigenvalue weighted by Crippen LogP contribution is 2.52. The summed E-state index contributed by atoms with van der Waals surface area (Å²) in [7, 11) is 0. The number of rotatable bonds is 4. The molecule has 20 heavy (non-hydrogen) atoms. The lowest BCUT2D eigenvalue weighted by atomic mass is 9.90. The van der Waals surface area contributed by atoms with Crippen molar-refractivity contribution in [2.75, 3.05) is 6.61 Å². The lowest BCUT2D eigenvalue weighted by Gasteiger charge is -2.23. The smallest absolute Gasteiger partial charge is 0.0859 e. The molecule has 1 aromatic rings. The molecule has 0 saturated heterocycles. The van der Waals surface area contributed by atoms with Crippen molar-refractivity contribution in [1.29, 1.82) is 0 Å². The van der Waals surface area contributed by atoms with Crippen LogP contribution in [0.3, 0.4) is 0 Å². The summed E-state index contributed by atoms with van der Waals surface area (Å²) in [5.74, 6) is 2.05. The summed E-state index contributed by atoms with van der Waals surface area (Å²) in [5.41, 5.74) is 2.84. The van der Waals surface area contributed by atoms with E-state index in [4.69, 9.17) is 0 Å². The first-order valence-electron chi connectivity index (χ1n) is 8.08. The summed E-state index contributed by atoms with van der Waals surface area (Å²) >= 11 is 0. The number of aromatic nitrogens is 3. The van der Waals surface area contributed by atoms with Crippen LogP contribution < -0.4 is 0 Å². The van der Waals surface area contributed by atoms with Gasteiger partial charge in [0.15, 0.2) is 0 Å². The van der Waals surface area contributed by atoms with E-state index in [0.29, 0.717) is 12.5 Å². The summed E-state index contributed by atoms with van der Waals surface area (Å²) in [6.07, 6.45) is 5.65. The number of aryl methyl sites for hydroxylation is 1. The first-order valence-corrected chi connectivity index (χ1v) is 8.08. The minimum atomic E-state index is 0.277. The topological polar surface area (TPSA) is 50.9 Å². The van der Waals surface area contributed by atoms with Gasteiger partial charge in [-0.25, -0.2) is 4.68 Å². The summed E-state index contributed by atoms with van der Waals surface area (Å²) in [6, 6.07) is 0. The average Bonchev–Trinajstić information content (AvgIpc) is 2.94. The van der Waals surface area contributed by atoms with E-state index in [1.165, 1.54) is 24.2 Å². The van der Waals surface area contributed by atoms with Gasteiger partial charge in [0.2, 0.25) is 0 Å². The number of fused-ring (bicyclic) bond motifs is 2. The molecule has 0 amide bonds. The Morgan fingerprint density at radius 2 is 1.95 bits per heavy atom. The van der Waals surface area contributed by atoms with Crippen molar-refractivity contribution in [1.82, 2.24) is 15.0 Å². The van der Waals surface area contributed by atoms with Crippen molar-refractivity contribution in [2.45, 2.75) is 59.4 Å². The van der Waals surface area contributed by atoms with Crippen LogP contribution in [0.5, 0.6) is 0 Å². The van der Waals surface area contributed by atoms with E-state index < -0.39 is 0 Å². The zero-order valence-electron chi connectivity index (χ0n) is 13.0. The van der Waals surface area contributed by atoms with Crippen LogP contribution in [0.2, 0.25) is 0 Å². The van der Waals surface area contributed by atoms with Gasteiger partial charge >= 0.3 is 0 Å². The zero-order valence-corrected chi connectivity index (χ0v) is 13.0. The molecule has 0 bridgehead atoms. The Bertz CT molecular complexity index is 480. The predicted molar refractivity (Wildman–Crippen MR) is 78.3 cm³/mol. The number of aliphatic hydroxyl groups excluding tert-OH is 1. The Labute approximate surface area is 121 Å². The van der Waals surface area contributed by atoms with Crippen LogP contribution in [0.25, 0.3) is 0 Å². The third-order valence-electron chi connectivity index (χ3n) is 5.60. The quantitative estimate of drug-likeness (QED) is 0.919. The molecule has 0 aliphatic heterocycles. The highest BCUT2D eigenvalue weighted by atomic mass is 16.3. The summed E-state index contributed by atoms with van der Waals surface area (Å²) in [4.78, 5) is 0. The monoisotopic (exact) mass is 277 g/mol. The average molecular weight is 277 g/mol. The third kappa shape index (κ3) is 2.50. The second kappa shape index (κ2) is 5.14. The minimum absolute atomic E-state index is 0.277. The molecular formula is C16H27N3O. The van der Waals surface area contributed by atoms with Gasteiger partial charge in [-0.2, -0.15) is 0 Å². The highest BCUT2D eigenvalue weighted by Gasteiger charge is 2.49. The molecule has 2 aliphatic rings. The second-order valence-corrected chi connectivity index (χ2v) is 7.41. The third-order valence-corrected chi connectivity index (χ3v) is 5.60. The van der Waals surface area contributed by atoms with Gasteiger partial charge in [-0.3, -0.25) is 0 Å². The van der Waals surface area contributed by atoms with Crippen LogP contribution in [0.1, 0.15) is 51.4 Å². The van der Waals surface area contributed by atoms with Gasteiger partial charge in [-0.05, 0) is 55.3 Å². The van der Waals surface area contributed by atoms with Gasteiger partial charge < -0.3 is 5.11 Å². The second-order valence-electron chi connectivity index (χ2n) is 7.41. The standard InChI is InChI=1S/C16H27N3O/c1-4-16(2,3)10-19-15-8-6-12-11(13(12)9-20)5-7-14(15)17-18-19/h11-13,20H,4-10H2,1-3H3/t11-,12+,13-/m1/s1. The van der Waals surface area contributed by atoms with Crippen LogP contribution in [0.15, 0.2) is 0 Å². The Hall–Kier alpha value is -0.900. The lowest BCUT2D eigenvalue weighted by Crippen LogP contribution is -2.21. The van der Waals surface area contributed by atoms with Crippen molar-refractivity contribution in [3.8, 4) is 0 Å². The highest BCUT2D eigenvalue weighted by molar-refractivity contribution is 5.15. The number of hydrogen-bond donors (Lipinski definition) is 1. The van der Waals surface area contributed by atoms with Crippen LogP contribution >= 0.6 is 0 Å². The Morgan fingerprint density at radius 1 is 1.25 bits per heavy atom. The number of nitrogens with zero attached hydrogens (tertiary/aromatic N) is 3. The molecule has 2 aliphatic carbocycles. The van der Waals surface area contributed by atoms with Crippen LogP contribution in [0, 0.1) is 23.2 Å². The molecule has 0 unspecified atom stereocenters. The van der Waals surface area contributed by atoms with Gasteiger partial charge in [-0.15, -0.1) is 5.10 Å². The fourth-order valence-corrected chi connectivity index (χ4v) is 3.74. The molecule has 112 valence electrons. The van der Waals surface area contributed by atoms with E-state index in [2.05, 4.69) is 35.8 Å². The molecule has 1 heterocycles. The molecule has 0 spiro atoms. The molecular weight excluding hydrogens is 250 g/mol. The normalized spacial score (nSPS) is 29.3. The fourth-order valence-electron chi connectivity index (χ4n) is 3.74. The Kier molecular flexibility index (Phi) is 3.61. The molecule has 4 nitrogen and oxygen atoms in total. The van der Waals surface area contributed by atoms with Gasteiger partial charge in [0.25, 0.3) is 0 Å². The molecule has 0 aromatic carbocycles.